The van der Waals surface area contributed by atoms with Gasteiger partial charge in [0.05, 0.1) is 0 Å². The first-order valence-corrected chi connectivity index (χ1v) is 49.8. The maximum atomic E-state index is 17.2. The van der Waals surface area contributed by atoms with Gasteiger partial charge in [-0.1, -0.05) is 131 Å². The van der Waals surface area contributed by atoms with Gasteiger partial charge in [-0.05, 0) is 24.7 Å². The fourth-order valence-corrected chi connectivity index (χ4v) is 27.2. The summed E-state index contributed by atoms with van der Waals surface area (Å²) in [4.78, 5) is 8.24. The SMILES string of the molecule is CCCCCCCCCCCCOc1c(C)c(-c2ccc(-c3ccc(-c4ccc(-c5c(OCCCCCCCCCCCC)c(C)c(-c6cc7c(-c8ccc(SCC(CC)CCCC)s8)c8sc(C)cc8c(-c8ccc(SCC(CC)CCCC)s8)c7s6)c6n[se]nc56)s4)c(F)c3F)s2)c2n[se]nc2c1C. The van der Waals surface area contributed by atoms with Crippen LogP contribution in [0, 0.1) is 51.2 Å². The Bertz CT molecular complexity index is 4700. The molecule has 566 valence electrons. The van der Waals surface area contributed by atoms with Gasteiger partial charge < -0.3 is 0 Å². The molecule has 12 aromatic rings. The molecule has 0 saturated heterocycles. The number of ether oxygens (including phenoxy) is 2. The predicted octanol–water partition coefficient (Wildman–Crippen LogP) is 30.8. The second kappa shape index (κ2) is 40.5. The topological polar surface area (TPSA) is 70.0 Å². The summed E-state index contributed by atoms with van der Waals surface area (Å²) in [5.74, 6) is 3.67. The summed E-state index contributed by atoms with van der Waals surface area (Å²) in [7, 11) is 0. The fourth-order valence-electron chi connectivity index (χ4n) is 15.1. The first-order chi connectivity index (χ1) is 51.9. The van der Waals surface area contributed by atoms with Gasteiger partial charge in [0, 0.05) is 0 Å². The molecule has 0 bridgehead atoms. The average Bonchev–Trinajstić information content (AvgIpc) is 1.55. The zero-order chi connectivity index (χ0) is 74.1. The van der Waals surface area contributed by atoms with Gasteiger partial charge in [-0.2, -0.15) is 0 Å². The number of rotatable bonds is 45. The number of hydrogen-bond acceptors (Lipinski definition) is 14. The van der Waals surface area contributed by atoms with Crippen molar-refractivity contribution in [1.82, 2.24) is 15.9 Å². The van der Waals surface area contributed by atoms with Crippen molar-refractivity contribution in [3.05, 3.63) is 106 Å². The quantitative estimate of drug-likeness (QED) is 0.0212. The van der Waals surface area contributed by atoms with Crippen LogP contribution in [0.25, 0.3) is 115 Å². The second-order valence-electron chi connectivity index (χ2n) is 29.2. The third-order valence-corrected chi connectivity index (χ3v) is 33.2. The van der Waals surface area contributed by atoms with Crippen LogP contribution in [0.2, 0.25) is 0 Å². The van der Waals surface area contributed by atoms with Crippen molar-refractivity contribution in [3.8, 4) is 84.6 Å². The number of nitrogens with zero attached hydrogens (tertiary/aromatic N) is 4. The zero-order valence-electron chi connectivity index (χ0n) is 64.2. The van der Waals surface area contributed by atoms with Gasteiger partial charge >= 0.3 is 526 Å². The van der Waals surface area contributed by atoms with Crippen molar-refractivity contribution in [3.63, 3.8) is 0 Å². The zero-order valence-corrected chi connectivity index (χ0v) is 74.1. The molecule has 0 aliphatic carbocycles. The molecule has 8 aromatic heterocycles. The van der Waals surface area contributed by atoms with E-state index in [4.69, 9.17) is 25.4 Å². The molecule has 0 radical (unpaired) electrons. The van der Waals surface area contributed by atoms with Crippen molar-refractivity contribution in [2.45, 2.75) is 257 Å². The number of aromatic nitrogens is 4. The molecule has 12 rings (SSSR count). The molecule has 0 saturated carbocycles. The van der Waals surface area contributed by atoms with E-state index in [-0.39, 0.29) is 26.1 Å². The van der Waals surface area contributed by atoms with Crippen LogP contribution in [-0.4, -0.2) is 70.6 Å². The van der Waals surface area contributed by atoms with Crippen molar-refractivity contribution in [2.24, 2.45) is 11.8 Å². The summed E-state index contributed by atoms with van der Waals surface area (Å²) in [5, 5.41) is 2.62. The number of thiophene rings is 6. The molecule has 6 nitrogen and oxygen atoms in total. The molecule has 2 unspecified atom stereocenters. The first kappa shape index (κ1) is 81.5. The molecule has 0 aliphatic heterocycles. The molecular weight excluding hydrogens is 1600 g/mol. The molecule has 0 aliphatic rings. The summed E-state index contributed by atoms with van der Waals surface area (Å²) in [6.07, 6.45) is 35.0. The van der Waals surface area contributed by atoms with E-state index in [1.54, 1.807) is 12.1 Å². The van der Waals surface area contributed by atoms with Crippen LogP contribution in [0.15, 0.2) is 81.2 Å². The normalized spacial score (nSPS) is 12.6. The molecule has 106 heavy (non-hydrogen) atoms. The Labute approximate surface area is 676 Å². The molecule has 0 spiro atoms. The van der Waals surface area contributed by atoms with E-state index < -0.39 is 26.6 Å². The maximum absolute atomic E-state index is 17.2. The van der Waals surface area contributed by atoms with E-state index in [0.717, 1.165) is 119 Å². The standard InChI is InChI=1S/C88H108F2N4O2S8Se2/c1-11-17-21-23-25-27-29-31-33-35-49-95-85-56(8)74(82-81(58(85)10)91-105-92-82)67-43-41-65(100-67)61-39-40-62(80(90)79(61)89)66-42-44-70(101-66)78-84-83(93-106-94-84)75(57(9)86(78)96-50-36-34-32-30-28-26-24-22-18-12-2)71-52-64-77(69-46-48-73(103-69)98-54-60(16-6)38-20-14-4)87-63(51-55(7)99-87)76(88(64)104-71)68-45-47-72(102-68)97-53-59(15-5)37-19-13-3/h39-48,51-52,59-60H,11-38,49-50,53-54H2,1-10H3. The number of fused-ring (bicyclic) bond motifs is 4. The molecule has 18 heteroatoms. The third-order valence-electron chi connectivity index (χ3n) is 21.3. The Morgan fingerprint density at radius 3 is 1.25 bits per heavy atom. The number of benzene rings is 4. The van der Waals surface area contributed by atoms with Gasteiger partial charge in [-0.15, -0.1) is 0 Å². The van der Waals surface area contributed by atoms with E-state index >= 15 is 8.78 Å². The van der Waals surface area contributed by atoms with Crippen LogP contribution >= 0.6 is 91.5 Å². The summed E-state index contributed by atoms with van der Waals surface area (Å²) >= 11 is 14.1. The Kier molecular flexibility index (Phi) is 31.1. The average molecular weight is 1710 g/mol. The Morgan fingerprint density at radius 2 is 0.755 bits per heavy atom. The van der Waals surface area contributed by atoms with Crippen molar-refractivity contribution in [2.75, 3.05) is 24.7 Å². The Balaban J connectivity index is 0.886. The van der Waals surface area contributed by atoms with Gasteiger partial charge in [0.15, 0.2) is 0 Å². The van der Waals surface area contributed by atoms with Crippen LogP contribution in [0.5, 0.6) is 11.5 Å². The summed E-state index contributed by atoms with van der Waals surface area (Å²) in [5.41, 5.74) is 12.6. The van der Waals surface area contributed by atoms with E-state index in [1.807, 2.05) is 87.1 Å². The number of hydrogen-bond donors (Lipinski definition) is 0. The summed E-state index contributed by atoms with van der Waals surface area (Å²) < 4.78 is 74.2. The van der Waals surface area contributed by atoms with Crippen molar-refractivity contribution in [1.29, 1.82) is 0 Å². The third kappa shape index (κ3) is 19.4. The van der Waals surface area contributed by atoms with Crippen LogP contribution < -0.4 is 9.47 Å². The van der Waals surface area contributed by atoms with Crippen molar-refractivity contribution < 1.29 is 18.3 Å². The van der Waals surface area contributed by atoms with Gasteiger partial charge in [0.25, 0.3) is 0 Å². The van der Waals surface area contributed by atoms with Crippen LogP contribution in [0.4, 0.5) is 8.78 Å². The molecule has 8 heterocycles. The van der Waals surface area contributed by atoms with Crippen molar-refractivity contribution >= 4 is 164 Å². The van der Waals surface area contributed by atoms with E-state index in [1.165, 1.54) is 231 Å². The number of unbranched alkanes of at least 4 members (excludes halogenated alkanes) is 20. The molecule has 0 amide bonds. The van der Waals surface area contributed by atoms with Gasteiger partial charge in [0.1, 0.15) is 0 Å². The number of aryl methyl sites for hydroxylation is 2. The van der Waals surface area contributed by atoms with Gasteiger partial charge in [-0.25, -0.2) is 0 Å². The Morgan fingerprint density at radius 1 is 0.368 bits per heavy atom. The second-order valence-corrected chi connectivity index (χ2v) is 40.7. The summed E-state index contributed by atoms with van der Waals surface area (Å²) in [6.45, 7) is 23.8. The van der Waals surface area contributed by atoms with E-state index in [2.05, 4.69) is 112 Å². The minimum absolute atomic E-state index is 0.228. The summed E-state index contributed by atoms with van der Waals surface area (Å²) in [6, 6.07) is 26.0. The fraction of sp³-hybridized carbons (Fsp3) is 0.500. The molecule has 4 aromatic carbocycles. The van der Waals surface area contributed by atoms with Crippen LogP contribution in [-0.2, 0) is 0 Å². The molecule has 2 atom stereocenters. The Hall–Kier alpha value is -4.00. The molecule has 0 N–H and O–H groups in total. The molecular formula is C88H108F2N4O2S8Se2. The van der Waals surface area contributed by atoms with Crippen LogP contribution in [0.1, 0.15) is 243 Å². The predicted molar refractivity (Wildman–Crippen MR) is 468 cm³/mol. The molecule has 0 fully saturated rings. The number of halogens is 2. The monoisotopic (exact) mass is 1710 g/mol. The number of thioether (sulfide) groups is 2. The van der Waals surface area contributed by atoms with Crippen LogP contribution in [0.3, 0.4) is 0 Å². The van der Waals surface area contributed by atoms with Gasteiger partial charge in [0.2, 0.25) is 0 Å². The first-order valence-electron chi connectivity index (χ1n) is 39.8. The van der Waals surface area contributed by atoms with E-state index in [9.17, 15) is 0 Å². The van der Waals surface area contributed by atoms with Gasteiger partial charge in [-0.3, -0.25) is 0 Å². The van der Waals surface area contributed by atoms with E-state index in [0.29, 0.717) is 34.8 Å². The minimum atomic E-state index is -0.863.